The van der Waals surface area contributed by atoms with E-state index in [1.54, 1.807) is 0 Å². The minimum absolute atomic E-state index is 0.597. The lowest BCUT2D eigenvalue weighted by molar-refractivity contribution is 0.621. The molecule has 0 N–H and O–H groups in total. The Hall–Kier alpha value is -7.18. The molecule has 244 valence electrons. The van der Waals surface area contributed by atoms with Crippen LogP contribution in [0, 0.1) is 0 Å². The largest absolute Gasteiger partial charge is 0.435 e. The molecule has 0 spiro atoms. The second-order valence-electron chi connectivity index (χ2n) is 12.6. The molecule has 0 fully saturated rings. The molecule has 0 radical (unpaired) electrons. The van der Waals surface area contributed by atoms with Crippen LogP contribution in [-0.2, 0) is 0 Å². The van der Waals surface area contributed by atoms with E-state index in [0.717, 1.165) is 72.0 Å². The number of para-hydroxylation sites is 3. The molecule has 10 rings (SSSR count). The predicted molar refractivity (Wildman–Crippen MR) is 209 cm³/mol. The summed E-state index contributed by atoms with van der Waals surface area (Å²) in [6.07, 6.45) is 0. The zero-order valence-corrected chi connectivity index (χ0v) is 27.9. The molecule has 6 heteroatoms. The van der Waals surface area contributed by atoms with Crippen LogP contribution in [0.4, 0.5) is 0 Å². The van der Waals surface area contributed by atoms with Crippen LogP contribution in [0.15, 0.2) is 180 Å². The van der Waals surface area contributed by atoms with Crippen molar-refractivity contribution >= 4 is 32.9 Å². The Kier molecular flexibility index (Phi) is 7.03. The third kappa shape index (κ3) is 4.96. The van der Waals surface area contributed by atoms with E-state index < -0.39 is 0 Å². The van der Waals surface area contributed by atoms with Crippen molar-refractivity contribution in [1.82, 2.24) is 24.5 Å². The summed E-state index contributed by atoms with van der Waals surface area (Å²) in [4.78, 5) is 20.1. The minimum atomic E-state index is 0.597. The van der Waals surface area contributed by atoms with Crippen molar-refractivity contribution in [2.45, 2.75) is 0 Å². The summed E-state index contributed by atoms with van der Waals surface area (Å²) in [6, 6.07) is 59.8. The second kappa shape index (κ2) is 12.3. The van der Waals surface area contributed by atoms with E-state index in [1.165, 1.54) is 0 Å². The van der Waals surface area contributed by atoms with Gasteiger partial charge in [-0.1, -0.05) is 140 Å². The molecule has 0 aliphatic heterocycles. The third-order valence-corrected chi connectivity index (χ3v) is 9.49. The molecule has 0 bridgehead atoms. The lowest BCUT2D eigenvalue weighted by Gasteiger charge is -2.12. The molecule has 3 aromatic heterocycles. The number of hydrogen-bond donors (Lipinski definition) is 0. The van der Waals surface area contributed by atoms with Crippen LogP contribution in [0.5, 0.6) is 0 Å². The van der Waals surface area contributed by atoms with Crippen molar-refractivity contribution in [3.63, 3.8) is 0 Å². The van der Waals surface area contributed by atoms with E-state index in [2.05, 4.69) is 77.4 Å². The molecule has 0 saturated carbocycles. The van der Waals surface area contributed by atoms with Crippen LogP contribution in [0.25, 0.3) is 95.3 Å². The van der Waals surface area contributed by atoms with Gasteiger partial charge in [-0.3, -0.25) is 0 Å². The summed E-state index contributed by atoms with van der Waals surface area (Å²) in [5.41, 5.74) is 10.4. The molecule has 0 amide bonds. The zero-order valence-electron chi connectivity index (χ0n) is 27.9. The van der Waals surface area contributed by atoms with Crippen molar-refractivity contribution in [2.75, 3.05) is 0 Å². The van der Waals surface area contributed by atoms with Gasteiger partial charge in [0.15, 0.2) is 23.1 Å². The van der Waals surface area contributed by atoms with Crippen molar-refractivity contribution < 1.29 is 4.42 Å². The van der Waals surface area contributed by atoms with Gasteiger partial charge in [0.05, 0.1) is 11.0 Å². The molecule has 0 unspecified atom stereocenters. The van der Waals surface area contributed by atoms with E-state index in [0.29, 0.717) is 23.4 Å². The first-order chi connectivity index (χ1) is 25.8. The lowest BCUT2D eigenvalue weighted by Crippen LogP contribution is -2.00. The van der Waals surface area contributed by atoms with Gasteiger partial charge in [-0.25, -0.2) is 19.9 Å². The Morgan fingerprint density at radius 2 is 0.942 bits per heavy atom. The van der Waals surface area contributed by atoms with Crippen molar-refractivity contribution in [2.24, 2.45) is 0 Å². The molecule has 52 heavy (non-hydrogen) atoms. The number of nitrogens with zero attached hydrogens (tertiary/aromatic N) is 5. The smallest absolute Gasteiger partial charge is 0.227 e. The van der Waals surface area contributed by atoms with Crippen LogP contribution < -0.4 is 0 Å². The number of rotatable bonds is 6. The monoisotopic (exact) mass is 667 g/mol. The first-order valence-electron chi connectivity index (χ1n) is 17.2. The Morgan fingerprint density at radius 3 is 1.62 bits per heavy atom. The van der Waals surface area contributed by atoms with Gasteiger partial charge in [-0.15, -0.1) is 0 Å². The molecule has 6 nitrogen and oxygen atoms in total. The van der Waals surface area contributed by atoms with Gasteiger partial charge in [-0.2, -0.15) is 0 Å². The Morgan fingerprint density at radius 1 is 0.404 bits per heavy atom. The van der Waals surface area contributed by atoms with Gasteiger partial charge in [0, 0.05) is 49.8 Å². The number of aromatic nitrogens is 5. The van der Waals surface area contributed by atoms with Crippen LogP contribution in [-0.4, -0.2) is 24.5 Å². The Bertz CT molecular complexity index is 2820. The first kappa shape index (κ1) is 29.7. The molecule has 10 aromatic rings. The van der Waals surface area contributed by atoms with Crippen molar-refractivity contribution in [1.29, 1.82) is 0 Å². The topological polar surface area (TPSA) is 69.6 Å². The van der Waals surface area contributed by atoms with Gasteiger partial charge >= 0.3 is 0 Å². The molecule has 0 aliphatic carbocycles. The number of benzene rings is 7. The van der Waals surface area contributed by atoms with Gasteiger partial charge in [0.2, 0.25) is 5.89 Å². The number of oxazole rings is 1. The highest BCUT2D eigenvalue weighted by atomic mass is 16.3. The van der Waals surface area contributed by atoms with Gasteiger partial charge in [0.25, 0.3) is 0 Å². The maximum absolute atomic E-state index is 6.56. The van der Waals surface area contributed by atoms with Crippen LogP contribution in [0.2, 0.25) is 0 Å². The molecular formula is C46H29N5O. The van der Waals surface area contributed by atoms with Crippen LogP contribution in [0.1, 0.15) is 0 Å². The number of hydrogen-bond acceptors (Lipinski definition) is 5. The SMILES string of the molecule is c1ccc(-c2nc(-c3ccccc3)nc(-c3cccc4c3c3cccc(-c5cccc6nc(-c7ccccc7)oc56)c3n4-c3ccccc3)n2)cc1. The summed E-state index contributed by atoms with van der Waals surface area (Å²) in [5.74, 6) is 2.46. The quantitative estimate of drug-likeness (QED) is 0.176. The van der Waals surface area contributed by atoms with Crippen LogP contribution >= 0.6 is 0 Å². The minimum Gasteiger partial charge on any atom is -0.435 e. The molecule has 0 saturated heterocycles. The van der Waals surface area contributed by atoms with Gasteiger partial charge in [0.1, 0.15) is 5.52 Å². The molecular weight excluding hydrogens is 639 g/mol. The standard InChI is InChI=1S/C46H29N5O/c1-5-16-30(17-6-1)43-48-44(31-18-7-2-8-19-31)50-45(49-43)37-27-15-29-39-40(37)36-26-13-24-34(41(36)51(39)33-22-11-4-12-23-33)35-25-14-28-38-42(35)52-46(47-38)32-20-9-3-10-21-32/h1-29H. The highest BCUT2D eigenvalue weighted by Crippen LogP contribution is 2.43. The Balaban J connectivity index is 1.27. The lowest BCUT2D eigenvalue weighted by atomic mass is 9.99. The highest BCUT2D eigenvalue weighted by Gasteiger charge is 2.23. The zero-order chi connectivity index (χ0) is 34.4. The first-order valence-corrected chi connectivity index (χ1v) is 17.2. The fraction of sp³-hybridized carbons (Fsp3) is 0. The summed E-state index contributed by atoms with van der Waals surface area (Å²) >= 11 is 0. The van der Waals surface area contributed by atoms with Crippen molar-refractivity contribution in [3.05, 3.63) is 176 Å². The summed E-state index contributed by atoms with van der Waals surface area (Å²) in [7, 11) is 0. The average molecular weight is 668 g/mol. The Labute approximate surface area is 299 Å². The highest BCUT2D eigenvalue weighted by molar-refractivity contribution is 6.19. The van der Waals surface area contributed by atoms with Crippen molar-refractivity contribution in [3.8, 4) is 62.4 Å². The maximum atomic E-state index is 6.56. The summed E-state index contributed by atoms with van der Waals surface area (Å²) in [6.45, 7) is 0. The summed E-state index contributed by atoms with van der Waals surface area (Å²) < 4.78 is 8.91. The maximum Gasteiger partial charge on any atom is 0.227 e. The fourth-order valence-electron chi connectivity index (χ4n) is 7.16. The van der Waals surface area contributed by atoms with E-state index in [4.69, 9.17) is 24.4 Å². The van der Waals surface area contributed by atoms with E-state index in [9.17, 15) is 0 Å². The average Bonchev–Trinajstić information content (AvgIpc) is 3.82. The molecule has 0 atom stereocenters. The summed E-state index contributed by atoms with van der Waals surface area (Å²) in [5, 5.41) is 2.14. The van der Waals surface area contributed by atoms with Crippen LogP contribution in [0.3, 0.4) is 0 Å². The third-order valence-electron chi connectivity index (χ3n) is 9.49. The van der Waals surface area contributed by atoms with E-state index in [1.807, 2.05) is 103 Å². The second-order valence-corrected chi connectivity index (χ2v) is 12.6. The normalized spacial score (nSPS) is 11.5. The van der Waals surface area contributed by atoms with E-state index >= 15 is 0 Å². The number of fused-ring (bicyclic) bond motifs is 4. The molecule has 3 heterocycles. The fourth-order valence-corrected chi connectivity index (χ4v) is 7.16. The molecule has 0 aliphatic rings. The van der Waals surface area contributed by atoms with Gasteiger partial charge in [-0.05, 0) is 36.4 Å². The molecule has 7 aromatic carbocycles. The van der Waals surface area contributed by atoms with Gasteiger partial charge < -0.3 is 8.98 Å². The predicted octanol–water partition coefficient (Wildman–Crippen LogP) is 11.4. The van der Waals surface area contributed by atoms with E-state index in [-0.39, 0.29) is 0 Å².